The standard InChI is InChI=1S/C23H20ClN3O5S/c1-14(2)16-5-7-17(8-6-16)33(31,32)25-19-10-9-18(24)20-21(19)23(29)27(22(20)28)13-15-4-3-11-26(30)12-15/h3-12,14H,13H2,1-2H3,(H-,25,29,30)/p+1. The summed E-state index contributed by atoms with van der Waals surface area (Å²) in [5, 5.41) is 9.64. The number of pyridine rings is 1. The molecule has 1 aliphatic heterocycles. The smallest absolute Gasteiger partial charge is 0.264 e. The molecule has 2 N–H and O–H groups in total. The lowest BCUT2D eigenvalue weighted by Crippen LogP contribution is -2.33. The van der Waals surface area contributed by atoms with Crippen molar-refractivity contribution in [1.82, 2.24) is 4.90 Å². The van der Waals surface area contributed by atoms with Gasteiger partial charge in [-0.15, -0.1) is 0 Å². The summed E-state index contributed by atoms with van der Waals surface area (Å²) in [4.78, 5) is 27.1. The van der Waals surface area contributed by atoms with Crippen LogP contribution < -0.4 is 9.45 Å². The van der Waals surface area contributed by atoms with Crippen LogP contribution in [0.2, 0.25) is 5.02 Å². The molecule has 0 saturated carbocycles. The fourth-order valence-electron chi connectivity index (χ4n) is 3.62. The van der Waals surface area contributed by atoms with Gasteiger partial charge in [0.05, 0.1) is 33.3 Å². The number of hydrogen-bond acceptors (Lipinski definition) is 5. The van der Waals surface area contributed by atoms with E-state index in [2.05, 4.69) is 4.72 Å². The lowest BCUT2D eigenvalue weighted by molar-refractivity contribution is -0.905. The number of imide groups is 1. The molecule has 0 fully saturated rings. The summed E-state index contributed by atoms with van der Waals surface area (Å²) < 4.78 is 29.2. The summed E-state index contributed by atoms with van der Waals surface area (Å²) in [6.45, 7) is 3.89. The number of carbonyl (C=O) groups excluding carboxylic acids is 2. The Morgan fingerprint density at radius 1 is 1.03 bits per heavy atom. The third kappa shape index (κ3) is 4.29. The minimum Gasteiger partial charge on any atom is -0.285 e. The molecule has 0 unspecified atom stereocenters. The van der Waals surface area contributed by atoms with Crippen molar-refractivity contribution in [3.05, 3.63) is 88.2 Å². The summed E-state index contributed by atoms with van der Waals surface area (Å²) in [5.41, 5.74) is 1.28. The predicted molar refractivity (Wildman–Crippen MR) is 121 cm³/mol. The Morgan fingerprint density at radius 3 is 2.33 bits per heavy atom. The SMILES string of the molecule is CC(C)c1ccc(S(=O)(=O)Nc2ccc(Cl)c3c2C(=O)N(Cc2ccc[n+](O)c2)C3=O)cc1. The number of nitrogens with zero attached hydrogens (tertiary/aromatic N) is 2. The molecule has 4 rings (SSSR count). The van der Waals surface area contributed by atoms with E-state index in [-0.39, 0.29) is 39.2 Å². The van der Waals surface area contributed by atoms with E-state index in [1.165, 1.54) is 36.7 Å². The number of halogens is 1. The molecule has 0 aliphatic carbocycles. The maximum atomic E-state index is 13.2. The van der Waals surface area contributed by atoms with E-state index in [1.807, 2.05) is 13.8 Å². The van der Waals surface area contributed by atoms with Gasteiger partial charge in [-0.25, -0.2) is 8.42 Å². The van der Waals surface area contributed by atoms with Crippen LogP contribution in [0.5, 0.6) is 0 Å². The molecule has 3 aromatic rings. The number of anilines is 1. The summed E-state index contributed by atoms with van der Waals surface area (Å²) in [6.07, 6.45) is 2.75. The first-order valence-electron chi connectivity index (χ1n) is 10.1. The van der Waals surface area contributed by atoms with Crippen molar-refractivity contribution >= 4 is 39.1 Å². The Morgan fingerprint density at radius 2 is 1.70 bits per heavy atom. The van der Waals surface area contributed by atoms with E-state index in [9.17, 15) is 23.2 Å². The van der Waals surface area contributed by atoms with Gasteiger partial charge in [0.2, 0.25) is 12.4 Å². The number of benzene rings is 2. The number of fused-ring (bicyclic) bond motifs is 1. The van der Waals surface area contributed by atoms with Crippen molar-refractivity contribution in [3.8, 4) is 0 Å². The van der Waals surface area contributed by atoms with Crippen LogP contribution in [-0.2, 0) is 16.6 Å². The first-order valence-corrected chi connectivity index (χ1v) is 12.0. The number of hydrogen-bond donors (Lipinski definition) is 2. The highest BCUT2D eigenvalue weighted by molar-refractivity contribution is 7.92. The zero-order chi connectivity index (χ0) is 23.9. The molecule has 0 bridgehead atoms. The second kappa shape index (κ2) is 8.49. The highest BCUT2D eigenvalue weighted by Crippen LogP contribution is 2.36. The van der Waals surface area contributed by atoms with E-state index in [4.69, 9.17) is 11.6 Å². The van der Waals surface area contributed by atoms with Crippen molar-refractivity contribution in [1.29, 1.82) is 0 Å². The molecule has 2 aromatic carbocycles. The number of carbonyl (C=O) groups is 2. The Hall–Kier alpha value is -3.43. The number of rotatable bonds is 6. The van der Waals surface area contributed by atoms with Crippen LogP contribution in [0, 0.1) is 0 Å². The summed E-state index contributed by atoms with van der Waals surface area (Å²) in [7, 11) is -4.02. The number of nitrogens with one attached hydrogen (secondary N) is 1. The molecule has 0 spiro atoms. The summed E-state index contributed by atoms with van der Waals surface area (Å²) in [5.74, 6) is -1.08. The minimum atomic E-state index is -4.02. The van der Waals surface area contributed by atoms with Crippen LogP contribution in [0.3, 0.4) is 0 Å². The second-order valence-electron chi connectivity index (χ2n) is 7.96. The molecular weight excluding hydrogens is 466 g/mol. The molecule has 8 nitrogen and oxygen atoms in total. The van der Waals surface area contributed by atoms with Crippen molar-refractivity contribution in [2.45, 2.75) is 31.2 Å². The van der Waals surface area contributed by atoms with Gasteiger partial charge < -0.3 is 0 Å². The topological polar surface area (TPSA) is 108 Å². The van der Waals surface area contributed by atoms with Crippen LogP contribution in [0.1, 0.15) is 51.6 Å². The monoisotopic (exact) mass is 486 g/mol. The molecule has 170 valence electrons. The highest BCUT2D eigenvalue weighted by Gasteiger charge is 2.40. The van der Waals surface area contributed by atoms with Crippen molar-refractivity contribution < 1.29 is 27.9 Å². The van der Waals surface area contributed by atoms with Crippen molar-refractivity contribution in [2.75, 3.05) is 4.72 Å². The first-order chi connectivity index (χ1) is 15.6. The molecule has 33 heavy (non-hydrogen) atoms. The highest BCUT2D eigenvalue weighted by atomic mass is 35.5. The summed E-state index contributed by atoms with van der Waals surface area (Å²) >= 11 is 6.21. The van der Waals surface area contributed by atoms with Gasteiger partial charge >= 0.3 is 0 Å². The van der Waals surface area contributed by atoms with Crippen LogP contribution in [0.4, 0.5) is 5.69 Å². The van der Waals surface area contributed by atoms with E-state index in [1.54, 1.807) is 24.3 Å². The van der Waals surface area contributed by atoms with Gasteiger partial charge in [0.1, 0.15) is 0 Å². The van der Waals surface area contributed by atoms with E-state index >= 15 is 0 Å². The van der Waals surface area contributed by atoms with Crippen LogP contribution >= 0.6 is 11.6 Å². The lowest BCUT2D eigenvalue weighted by atomic mass is 10.0. The quantitative estimate of drug-likeness (QED) is 0.314. The van der Waals surface area contributed by atoms with Gasteiger partial charge in [0.25, 0.3) is 21.8 Å². The number of sulfonamides is 1. The fraction of sp³-hybridized carbons (Fsp3) is 0.174. The van der Waals surface area contributed by atoms with Gasteiger partial charge in [-0.1, -0.05) is 37.6 Å². The molecule has 0 radical (unpaired) electrons. The third-order valence-electron chi connectivity index (χ3n) is 5.36. The largest absolute Gasteiger partial charge is 0.285 e. The maximum Gasteiger partial charge on any atom is 0.264 e. The lowest BCUT2D eigenvalue weighted by Gasteiger charge is -2.14. The normalized spacial score (nSPS) is 13.5. The summed E-state index contributed by atoms with van der Waals surface area (Å²) in [6, 6.07) is 12.4. The average molecular weight is 487 g/mol. The molecule has 0 saturated heterocycles. The van der Waals surface area contributed by atoms with Gasteiger partial charge in [-0.2, -0.15) is 0 Å². The number of amides is 2. The zero-order valence-corrected chi connectivity index (χ0v) is 19.4. The number of aromatic nitrogens is 1. The molecule has 2 heterocycles. The predicted octanol–water partition coefficient (Wildman–Crippen LogP) is 3.59. The van der Waals surface area contributed by atoms with E-state index in [0.29, 0.717) is 5.56 Å². The van der Waals surface area contributed by atoms with Crippen LogP contribution in [0.15, 0.2) is 65.8 Å². The third-order valence-corrected chi connectivity index (χ3v) is 7.06. The van der Waals surface area contributed by atoms with Gasteiger partial charge in [0.15, 0.2) is 0 Å². The van der Waals surface area contributed by atoms with Crippen molar-refractivity contribution in [3.63, 3.8) is 0 Å². The zero-order valence-electron chi connectivity index (χ0n) is 17.8. The molecule has 1 aromatic heterocycles. The Balaban J connectivity index is 1.68. The Kier molecular flexibility index (Phi) is 5.85. The molecule has 0 atom stereocenters. The Labute approximate surface area is 196 Å². The van der Waals surface area contributed by atoms with Gasteiger partial charge in [-0.05, 0) is 41.8 Å². The second-order valence-corrected chi connectivity index (χ2v) is 10.1. The van der Waals surface area contributed by atoms with Crippen LogP contribution in [0.25, 0.3) is 0 Å². The van der Waals surface area contributed by atoms with Gasteiger partial charge in [-0.3, -0.25) is 24.4 Å². The fourth-order valence-corrected chi connectivity index (χ4v) is 4.93. The van der Waals surface area contributed by atoms with Gasteiger partial charge in [0, 0.05) is 16.4 Å². The molecular formula is C23H21ClN3O5S+. The van der Waals surface area contributed by atoms with E-state index < -0.39 is 21.8 Å². The maximum absolute atomic E-state index is 13.2. The van der Waals surface area contributed by atoms with Crippen molar-refractivity contribution in [2.24, 2.45) is 0 Å². The van der Waals surface area contributed by atoms with E-state index in [0.717, 1.165) is 15.2 Å². The molecule has 2 amide bonds. The molecule has 10 heteroatoms. The average Bonchev–Trinajstić information content (AvgIpc) is 3.01. The molecule has 1 aliphatic rings. The minimum absolute atomic E-state index is 0.0287. The first kappa shape index (κ1) is 22.8. The van der Waals surface area contributed by atoms with Crippen LogP contribution in [-0.4, -0.2) is 30.3 Å². The Bertz CT molecular complexity index is 1370.